The number of rotatable bonds is 5. The number of carbonyl (C=O) groups excluding carboxylic acids is 1. The Morgan fingerprint density at radius 1 is 1.04 bits per heavy atom. The lowest BCUT2D eigenvalue weighted by atomic mass is 10.2. The van der Waals surface area contributed by atoms with Crippen LogP contribution < -0.4 is 10.4 Å². The molecule has 3 aromatic rings. The van der Waals surface area contributed by atoms with Gasteiger partial charge in [-0.2, -0.15) is 0 Å². The maximum absolute atomic E-state index is 11.9. The van der Waals surface area contributed by atoms with E-state index in [2.05, 4.69) is 0 Å². The van der Waals surface area contributed by atoms with E-state index in [0.29, 0.717) is 11.3 Å². The third-order valence-corrected chi connectivity index (χ3v) is 4.13. The second-order valence-electron chi connectivity index (χ2n) is 4.91. The Balaban J connectivity index is 1.58. The normalized spacial score (nSPS) is 10.6. The molecular weight excluding hydrogens is 312 g/mol. The van der Waals surface area contributed by atoms with Gasteiger partial charge in [0.25, 0.3) is 0 Å². The minimum absolute atomic E-state index is 0.256. The standard InChI is InChI=1S/C18H14O4S/c19-17-9-7-14-6-8-15(10-16(14)22-17)21-18(20)12-23-11-13-4-2-1-3-5-13/h1-10H,11-12H2. The highest BCUT2D eigenvalue weighted by atomic mass is 32.2. The van der Waals surface area contributed by atoms with E-state index in [9.17, 15) is 9.59 Å². The molecule has 0 aliphatic rings. The third kappa shape index (κ3) is 4.23. The predicted molar refractivity (Wildman–Crippen MR) is 90.7 cm³/mol. The average Bonchev–Trinajstić information content (AvgIpc) is 2.55. The molecule has 0 bridgehead atoms. The fourth-order valence-corrected chi connectivity index (χ4v) is 2.85. The van der Waals surface area contributed by atoms with Crippen LogP contribution in [0, 0.1) is 0 Å². The van der Waals surface area contributed by atoms with Crippen molar-refractivity contribution < 1.29 is 13.9 Å². The number of hydrogen-bond donors (Lipinski definition) is 0. The first kappa shape index (κ1) is 15.4. The van der Waals surface area contributed by atoms with Crippen LogP contribution in [0.5, 0.6) is 5.75 Å². The van der Waals surface area contributed by atoms with Crippen LogP contribution in [0.25, 0.3) is 11.0 Å². The maximum atomic E-state index is 11.9. The van der Waals surface area contributed by atoms with Crippen LogP contribution in [-0.4, -0.2) is 11.7 Å². The van der Waals surface area contributed by atoms with E-state index >= 15 is 0 Å². The molecule has 0 radical (unpaired) electrons. The van der Waals surface area contributed by atoms with Crippen LogP contribution in [-0.2, 0) is 10.5 Å². The van der Waals surface area contributed by atoms with Crippen molar-refractivity contribution in [3.05, 3.63) is 76.6 Å². The molecule has 1 heterocycles. The Hall–Kier alpha value is -2.53. The Morgan fingerprint density at radius 3 is 2.65 bits per heavy atom. The maximum Gasteiger partial charge on any atom is 0.336 e. The summed E-state index contributed by atoms with van der Waals surface area (Å²) in [7, 11) is 0. The zero-order chi connectivity index (χ0) is 16.1. The smallest absolute Gasteiger partial charge is 0.336 e. The molecule has 0 spiro atoms. The van der Waals surface area contributed by atoms with Gasteiger partial charge in [0, 0.05) is 23.3 Å². The fourth-order valence-electron chi connectivity index (χ4n) is 2.09. The second kappa shape index (κ2) is 7.15. The van der Waals surface area contributed by atoms with E-state index in [0.717, 1.165) is 16.7 Å². The molecule has 3 rings (SSSR count). The van der Waals surface area contributed by atoms with E-state index in [1.165, 1.54) is 17.8 Å². The molecule has 0 fully saturated rings. The summed E-state index contributed by atoms with van der Waals surface area (Å²) in [6, 6.07) is 17.9. The van der Waals surface area contributed by atoms with Gasteiger partial charge in [0.05, 0.1) is 5.75 Å². The molecule has 2 aromatic carbocycles. The van der Waals surface area contributed by atoms with Gasteiger partial charge in [-0.3, -0.25) is 4.79 Å². The SMILES string of the molecule is O=C(CSCc1ccccc1)Oc1ccc2ccc(=O)oc2c1. The van der Waals surface area contributed by atoms with Crippen LogP contribution in [0.15, 0.2) is 69.9 Å². The Morgan fingerprint density at radius 2 is 1.83 bits per heavy atom. The summed E-state index contributed by atoms with van der Waals surface area (Å²) in [5.41, 5.74) is 1.14. The van der Waals surface area contributed by atoms with Crippen LogP contribution in [0.2, 0.25) is 0 Å². The van der Waals surface area contributed by atoms with Gasteiger partial charge in [-0.25, -0.2) is 4.79 Å². The van der Waals surface area contributed by atoms with Gasteiger partial charge in [-0.15, -0.1) is 11.8 Å². The second-order valence-corrected chi connectivity index (χ2v) is 5.89. The van der Waals surface area contributed by atoms with Gasteiger partial charge in [0.2, 0.25) is 0 Å². The topological polar surface area (TPSA) is 56.5 Å². The molecule has 4 nitrogen and oxygen atoms in total. The average molecular weight is 326 g/mol. The number of hydrogen-bond acceptors (Lipinski definition) is 5. The first-order chi connectivity index (χ1) is 11.2. The summed E-state index contributed by atoms with van der Waals surface area (Å²) in [6.45, 7) is 0. The molecule has 0 N–H and O–H groups in total. The molecule has 0 aliphatic heterocycles. The summed E-state index contributed by atoms with van der Waals surface area (Å²) in [6.07, 6.45) is 0. The van der Waals surface area contributed by atoms with Crippen molar-refractivity contribution in [2.45, 2.75) is 5.75 Å². The number of thioether (sulfide) groups is 1. The number of carbonyl (C=O) groups is 1. The highest BCUT2D eigenvalue weighted by molar-refractivity contribution is 7.99. The van der Waals surface area contributed by atoms with Crippen molar-refractivity contribution in [2.75, 3.05) is 5.75 Å². The van der Waals surface area contributed by atoms with E-state index in [-0.39, 0.29) is 11.7 Å². The van der Waals surface area contributed by atoms with Gasteiger partial charge in [-0.05, 0) is 23.8 Å². The predicted octanol–water partition coefficient (Wildman–Crippen LogP) is 3.63. The molecular formula is C18H14O4S. The van der Waals surface area contributed by atoms with Crippen LogP contribution in [0.3, 0.4) is 0 Å². The van der Waals surface area contributed by atoms with Crippen molar-refractivity contribution in [3.63, 3.8) is 0 Å². The summed E-state index contributed by atoms with van der Waals surface area (Å²) in [5, 5.41) is 0.780. The van der Waals surface area contributed by atoms with Crippen molar-refractivity contribution in [1.29, 1.82) is 0 Å². The third-order valence-electron chi connectivity index (χ3n) is 3.16. The lowest BCUT2D eigenvalue weighted by Gasteiger charge is -2.05. The number of benzene rings is 2. The lowest BCUT2D eigenvalue weighted by Crippen LogP contribution is -2.10. The van der Waals surface area contributed by atoms with Crippen LogP contribution >= 0.6 is 11.8 Å². The molecule has 0 saturated carbocycles. The molecule has 1 aromatic heterocycles. The van der Waals surface area contributed by atoms with Crippen molar-refractivity contribution in [3.8, 4) is 5.75 Å². The molecule has 0 amide bonds. The summed E-state index contributed by atoms with van der Waals surface area (Å²) in [4.78, 5) is 23.1. The van der Waals surface area contributed by atoms with Crippen LogP contribution in [0.4, 0.5) is 0 Å². The number of esters is 1. The zero-order valence-corrected chi connectivity index (χ0v) is 13.0. The van der Waals surface area contributed by atoms with E-state index in [1.807, 2.05) is 30.3 Å². The minimum Gasteiger partial charge on any atom is -0.426 e. The first-order valence-corrected chi connectivity index (χ1v) is 8.22. The number of fused-ring (bicyclic) bond motifs is 1. The summed E-state index contributed by atoms with van der Waals surface area (Å²) in [5.74, 6) is 1.05. The van der Waals surface area contributed by atoms with Gasteiger partial charge >= 0.3 is 11.6 Å². The fraction of sp³-hybridized carbons (Fsp3) is 0.111. The minimum atomic E-state index is -0.431. The van der Waals surface area contributed by atoms with Crippen LogP contribution in [0.1, 0.15) is 5.56 Å². The molecule has 0 saturated heterocycles. The Bertz CT molecular complexity index is 871. The molecule has 0 aliphatic carbocycles. The highest BCUT2D eigenvalue weighted by Crippen LogP contribution is 2.20. The quantitative estimate of drug-likeness (QED) is 0.407. The Kier molecular flexibility index (Phi) is 4.78. The highest BCUT2D eigenvalue weighted by Gasteiger charge is 2.07. The van der Waals surface area contributed by atoms with Gasteiger partial charge in [-0.1, -0.05) is 30.3 Å². The molecule has 0 unspecified atom stereocenters. The molecule has 116 valence electrons. The summed E-state index contributed by atoms with van der Waals surface area (Å²) >= 11 is 1.49. The van der Waals surface area contributed by atoms with Gasteiger partial charge in [0.15, 0.2) is 0 Å². The molecule has 5 heteroatoms. The van der Waals surface area contributed by atoms with Crippen molar-refractivity contribution in [2.24, 2.45) is 0 Å². The summed E-state index contributed by atoms with van der Waals surface area (Å²) < 4.78 is 10.3. The van der Waals surface area contributed by atoms with E-state index < -0.39 is 5.63 Å². The van der Waals surface area contributed by atoms with Crippen molar-refractivity contribution in [1.82, 2.24) is 0 Å². The first-order valence-electron chi connectivity index (χ1n) is 7.07. The van der Waals surface area contributed by atoms with E-state index in [4.69, 9.17) is 9.15 Å². The number of ether oxygens (including phenoxy) is 1. The Labute approximate surface area is 137 Å². The van der Waals surface area contributed by atoms with Gasteiger partial charge in [0.1, 0.15) is 11.3 Å². The van der Waals surface area contributed by atoms with E-state index in [1.54, 1.807) is 24.3 Å². The molecule has 0 atom stereocenters. The monoisotopic (exact) mass is 326 g/mol. The molecule has 23 heavy (non-hydrogen) atoms. The van der Waals surface area contributed by atoms with Gasteiger partial charge < -0.3 is 9.15 Å². The largest absolute Gasteiger partial charge is 0.426 e. The lowest BCUT2D eigenvalue weighted by molar-refractivity contribution is -0.131. The zero-order valence-electron chi connectivity index (χ0n) is 12.2. The van der Waals surface area contributed by atoms with Crippen molar-refractivity contribution >= 4 is 28.7 Å².